The molecule has 2 heterocycles. The molecular weight excluding hydrogens is 274 g/mol. The van der Waals surface area contributed by atoms with Crippen molar-refractivity contribution in [2.75, 3.05) is 5.32 Å². The van der Waals surface area contributed by atoms with Crippen molar-refractivity contribution < 1.29 is 4.42 Å². The number of fused-ring (bicyclic) bond motifs is 3. The zero-order valence-corrected chi connectivity index (χ0v) is 12.2. The molecule has 0 aliphatic rings. The predicted molar refractivity (Wildman–Crippen MR) is 87.8 cm³/mol. The molecule has 1 atom stereocenters. The fraction of sp³-hybridized carbons (Fsp3) is 0.111. The second-order valence-electron chi connectivity index (χ2n) is 5.27. The van der Waals surface area contributed by atoms with Crippen LogP contribution in [-0.2, 0) is 0 Å². The molecular formula is C18H15N3O. The van der Waals surface area contributed by atoms with Gasteiger partial charge in [0.05, 0.1) is 6.04 Å². The fourth-order valence-electron chi connectivity index (χ4n) is 2.66. The molecule has 4 heteroatoms. The van der Waals surface area contributed by atoms with Gasteiger partial charge in [-0.05, 0) is 24.6 Å². The van der Waals surface area contributed by atoms with Gasteiger partial charge in [-0.1, -0.05) is 42.5 Å². The first kappa shape index (κ1) is 12.8. The highest BCUT2D eigenvalue weighted by molar-refractivity contribution is 6.05. The van der Waals surface area contributed by atoms with E-state index in [0.717, 1.165) is 22.3 Å². The molecule has 108 valence electrons. The fourth-order valence-corrected chi connectivity index (χ4v) is 2.66. The summed E-state index contributed by atoms with van der Waals surface area (Å²) in [5.74, 6) is 0.720. The highest BCUT2D eigenvalue weighted by Gasteiger charge is 2.14. The van der Waals surface area contributed by atoms with E-state index in [1.807, 2.05) is 42.5 Å². The SMILES string of the molecule is C[C@@H](Nc1ncnc2c1oc1ccccc12)c1ccccc1. The van der Waals surface area contributed by atoms with Gasteiger partial charge in [-0.15, -0.1) is 0 Å². The smallest absolute Gasteiger partial charge is 0.196 e. The number of para-hydroxylation sites is 1. The number of aromatic nitrogens is 2. The van der Waals surface area contributed by atoms with Crippen molar-refractivity contribution in [3.8, 4) is 0 Å². The molecule has 0 amide bonds. The molecule has 2 aromatic carbocycles. The van der Waals surface area contributed by atoms with Gasteiger partial charge in [0.2, 0.25) is 0 Å². The van der Waals surface area contributed by atoms with E-state index in [2.05, 4.69) is 34.3 Å². The second-order valence-corrected chi connectivity index (χ2v) is 5.27. The molecule has 4 aromatic rings. The third-order valence-electron chi connectivity index (χ3n) is 3.81. The summed E-state index contributed by atoms with van der Waals surface area (Å²) in [6, 6.07) is 18.3. The van der Waals surface area contributed by atoms with Crippen LogP contribution in [0.4, 0.5) is 5.82 Å². The number of anilines is 1. The van der Waals surface area contributed by atoms with E-state index >= 15 is 0 Å². The Hall–Kier alpha value is -2.88. The quantitative estimate of drug-likeness (QED) is 0.601. The maximum absolute atomic E-state index is 5.93. The van der Waals surface area contributed by atoms with E-state index in [1.165, 1.54) is 5.56 Å². The molecule has 22 heavy (non-hydrogen) atoms. The Morgan fingerprint density at radius 2 is 1.73 bits per heavy atom. The molecule has 2 aromatic heterocycles. The van der Waals surface area contributed by atoms with Crippen LogP contribution in [0.1, 0.15) is 18.5 Å². The monoisotopic (exact) mass is 289 g/mol. The van der Waals surface area contributed by atoms with Crippen molar-refractivity contribution in [2.24, 2.45) is 0 Å². The minimum Gasteiger partial charge on any atom is -0.450 e. The molecule has 0 spiro atoms. The Morgan fingerprint density at radius 1 is 0.955 bits per heavy atom. The van der Waals surface area contributed by atoms with Crippen LogP contribution in [0.3, 0.4) is 0 Å². The van der Waals surface area contributed by atoms with Crippen LogP contribution in [0.25, 0.3) is 22.1 Å². The molecule has 0 fully saturated rings. The number of hydrogen-bond acceptors (Lipinski definition) is 4. The summed E-state index contributed by atoms with van der Waals surface area (Å²) in [5.41, 5.74) is 3.57. The highest BCUT2D eigenvalue weighted by atomic mass is 16.3. The largest absolute Gasteiger partial charge is 0.450 e. The van der Waals surface area contributed by atoms with Gasteiger partial charge in [0.1, 0.15) is 17.4 Å². The van der Waals surface area contributed by atoms with Gasteiger partial charge in [-0.3, -0.25) is 0 Å². The number of nitrogens with one attached hydrogen (secondary N) is 1. The van der Waals surface area contributed by atoms with Crippen LogP contribution in [0, 0.1) is 0 Å². The highest BCUT2D eigenvalue weighted by Crippen LogP contribution is 2.31. The van der Waals surface area contributed by atoms with Crippen molar-refractivity contribution in [2.45, 2.75) is 13.0 Å². The lowest BCUT2D eigenvalue weighted by Crippen LogP contribution is -2.08. The van der Waals surface area contributed by atoms with Crippen molar-refractivity contribution in [1.82, 2.24) is 9.97 Å². The molecule has 4 nitrogen and oxygen atoms in total. The number of hydrogen-bond donors (Lipinski definition) is 1. The molecule has 0 unspecified atom stereocenters. The Kier molecular flexibility index (Phi) is 3.00. The van der Waals surface area contributed by atoms with E-state index in [9.17, 15) is 0 Å². The summed E-state index contributed by atoms with van der Waals surface area (Å²) in [4.78, 5) is 8.72. The number of benzene rings is 2. The van der Waals surface area contributed by atoms with E-state index in [-0.39, 0.29) is 6.04 Å². The average Bonchev–Trinajstić information content (AvgIpc) is 2.95. The molecule has 0 aliphatic heterocycles. The third-order valence-corrected chi connectivity index (χ3v) is 3.81. The Labute approximate surface area is 127 Å². The molecule has 0 bridgehead atoms. The first-order valence-electron chi connectivity index (χ1n) is 7.26. The second kappa shape index (κ2) is 5.15. The zero-order chi connectivity index (χ0) is 14.9. The molecule has 0 saturated heterocycles. The van der Waals surface area contributed by atoms with Gasteiger partial charge in [-0.2, -0.15) is 0 Å². The first-order valence-corrected chi connectivity index (χ1v) is 7.26. The van der Waals surface area contributed by atoms with Gasteiger partial charge in [-0.25, -0.2) is 9.97 Å². The van der Waals surface area contributed by atoms with E-state index < -0.39 is 0 Å². The normalized spacial score (nSPS) is 12.6. The number of rotatable bonds is 3. The van der Waals surface area contributed by atoms with Crippen molar-refractivity contribution >= 4 is 27.9 Å². The van der Waals surface area contributed by atoms with Gasteiger partial charge < -0.3 is 9.73 Å². The zero-order valence-electron chi connectivity index (χ0n) is 12.2. The summed E-state index contributed by atoms with van der Waals surface area (Å²) in [6.07, 6.45) is 1.57. The minimum absolute atomic E-state index is 0.132. The van der Waals surface area contributed by atoms with E-state index in [1.54, 1.807) is 6.33 Å². The summed E-state index contributed by atoms with van der Waals surface area (Å²) in [5, 5.41) is 4.43. The van der Waals surface area contributed by atoms with Crippen LogP contribution in [0.15, 0.2) is 65.3 Å². The van der Waals surface area contributed by atoms with Crippen molar-refractivity contribution in [3.63, 3.8) is 0 Å². The summed E-state index contributed by atoms with van der Waals surface area (Å²) < 4.78 is 5.93. The lowest BCUT2D eigenvalue weighted by molar-refractivity contribution is 0.665. The van der Waals surface area contributed by atoms with Gasteiger partial charge in [0, 0.05) is 5.39 Å². The van der Waals surface area contributed by atoms with Crippen LogP contribution < -0.4 is 5.32 Å². The van der Waals surface area contributed by atoms with Gasteiger partial charge in [0.25, 0.3) is 0 Å². The molecule has 0 aliphatic carbocycles. The number of nitrogens with zero attached hydrogens (tertiary/aromatic N) is 2. The molecule has 1 N–H and O–H groups in total. The lowest BCUT2D eigenvalue weighted by Gasteiger charge is -2.14. The lowest BCUT2D eigenvalue weighted by atomic mass is 10.1. The van der Waals surface area contributed by atoms with Gasteiger partial charge >= 0.3 is 0 Å². The topological polar surface area (TPSA) is 51.0 Å². The predicted octanol–water partition coefficient (Wildman–Crippen LogP) is 4.55. The molecule has 0 saturated carbocycles. The standard InChI is InChI=1S/C18H15N3O/c1-12(13-7-3-2-4-8-13)21-18-17-16(19-11-20-18)14-9-5-6-10-15(14)22-17/h2-12H,1H3,(H,19,20,21)/t12-/m1/s1. The average molecular weight is 289 g/mol. The summed E-state index contributed by atoms with van der Waals surface area (Å²) in [7, 11) is 0. The number of furan rings is 1. The van der Waals surface area contributed by atoms with Crippen LogP contribution >= 0.6 is 0 Å². The summed E-state index contributed by atoms with van der Waals surface area (Å²) >= 11 is 0. The van der Waals surface area contributed by atoms with Crippen molar-refractivity contribution in [1.29, 1.82) is 0 Å². The molecule has 4 rings (SSSR count). The van der Waals surface area contributed by atoms with E-state index in [4.69, 9.17) is 4.42 Å². The third kappa shape index (κ3) is 2.09. The Morgan fingerprint density at radius 3 is 2.59 bits per heavy atom. The first-order chi connectivity index (χ1) is 10.8. The summed E-state index contributed by atoms with van der Waals surface area (Å²) in [6.45, 7) is 2.10. The molecule has 0 radical (unpaired) electrons. The van der Waals surface area contributed by atoms with Crippen LogP contribution in [0.5, 0.6) is 0 Å². The minimum atomic E-state index is 0.132. The van der Waals surface area contributed by atoms with Crippen molar-refractivity contribution in [3.05, 3.63) is 66.5 Å². The Bertz CT molecular complexity index is 931. The van der Waals surface area contributed by atoms with Crippen LogP contribution in [-0.4, -0.2) is 9.97 Å². The maximum atomic E-state index is 5.93. The van der Waals surface area contributed by atoms with E-state index in [0.29, 0.717) is 5.58 Å². The van der Waals surface area contributed by atoms with Gasteiger partial charge in [0.15, 0.2) is 11.4 Å². The van der Waals surface area contributed by atoms with Crippen LogP contribution in [0.2, 0.25) is 0 Å². The maximum Gasteiger partial charge on any atom is 0.196 e. The Balaban J connectivity index is 1.79.